The molecule has 1 aliphatic carbocycles. The molecular formula is C23H35N3O2. The maximum absolute atomic E-state index is 13.0. The second-order valence-corrected chi connectivity index (χ2v) is 8.57. The molecule has 5 nitrogen and oxygen atoms in total. The van der Waals surface area contributed by atoms with Crippen LogP contribution in [0, 0.1) is 5.92 Å². The molecule has 0 spiro atoms. The summed E-state index contributed by atoms with van der Waals surface area (Å²) < 4.78 is 0. The fourth-order valence-corrected chi connectivity index (χ4v) is 3.96. The van der Waals surface area contributed by atoms with Crippen molar-refractivity contribution in [2.75, 3.05) is 38.6 Å². The molecule has 0 atom stereocenters. The number of nitrogens with zero attached hydrogens (tertiary/aromatic N) is 3. The second-order valence-electron chi connectivity index (χ2n) is 8.57. The van der Waals surface area contributed by atoms with Crippen LogP contribution < -0.4 is 4.90 Å². The molecular weight excluding hydrogens is 350 g/mol. The topological polar surface area (TPSA) is 43.9 Å². The zero-order valence-electron chi connectivity index (χ0n) is 17.5. The average molecular weight is 386 g/mol. The van der Waals surface area contributed by atoms with Crippen LogP contribution in [0.2, 0.25) is 0 Å². The summed E-state index contributed by atoms with van der Waals surface area (Å²) in [7, 11) is 3.87. The van der Waals surface area contributed by atoms with E-state index in [4.69, 9.17) is 0 Å². The molecule has 0 N–H and O–H groups in total. The van der Waals surface area contributed by atoms with Gasteiger partial charge >= 0.3 is 0 Å². The van der Waals surface area contributed by atoms with Gasteiger partial charge in [0.05, 0.1) is 6.54 Å². The summed E-state index contributed by atoms with van der Waals surface area (Å²) in [5.41, 5.74) is 2.09. The number of hydrogen-bond acceptors (Lipinski definition) is 3. The van der Waals surface area contributed by atoms with Gasteiger partial charge in [-0.05, 0) is 51.4 Å². The van der Waals surface area contributed by atoms with E-state index in [1.807, 2.05) is 40.9 Å². The molecule has 2 aliphatic rings. The first kappa shape index (κ1) is 20.8. The molecule has 28 heavy (non-hydrogen) atoms. The Morgan fingerprint density at radius 2 is 1.61 bits per heavy atom. The Labute approximate surface area is 169 Å². The third kappa shape index (κ3) is 5.81. The van der Waals surface area contributed by atoms with E-state index < -0.39 is 0 Å². The summed E-state index contributed by atoms with van der Waals surface area (Å²) in [6.07, 6.45) is 8.88. The van der Waals surface area contributed by atoms with Gasteiger partial charge in [-0.1, -0.05) is 43.9 Å². The zero-order valence-corrected chi connectivity index (χ0v) is 17.5. The van der Waals surface area contributed by atoms with Crippen LogP contribution in [0.3, 0.4) is 0 Å². The molecule has 1 heterocycles. The van der Waals surface area contributed by atoms with Crippen molar-refractivity contribution in [1.29, 1.82) is 0 Å². The number of para-hydroxylation sites is 1. The monoisotopic (exact) mass is 385 g/mol. The molecule has 0 radical (unpaired) electrons. The highest BCUT2D eigenvalue weighted by atomic mass is 16.2. The van der Waals surface area contributed by atoms with Crippen LogP contribution >= 0.6 is 0 Å². The second kappa shape index (κ2) is 10.1. The molecule has 1 fully saturated rings. The van der Waals surface area contributed by atoms with E-state index in [1.54, 1.807) is 0 Å². The lowest BCUT2D eigenvalue weighted by Gasteiger charge is -2.29. The summed E-state index contributed by atoms with van der Waals surface area (Å²) in [6, 6.07) is 8.17. The lowest BCUT2D eigenvalue weighted by molar-refractivity contribution is -0.132. The molecule has 3 rings (SSSR count). The molecule has 2 amide bonds. The summed E-state index contributed by atoms with van der Waals surface area (Å²) in [5.74, 6) is 0.637. The number of carbonyl (C=O) groups excluding carboxylic acids is 2. The minimum Gasteiger partial charge on any atom is -0.337 e. The van der Waals surface area contributed by atoms with Crippen LogP contribution in [0.15, 0.2) is 24.3 Å². The first-order chi connectivity index (χ1) is 13.6. The van der Waals surface area contributed by atoms with Gasteiger partial charge in [0.15, 0.2) is 0 Å². The van der Waals surface area contributed by atoms with Crippen molar-refractivity contribution in [1.82, 2.24) is 9.80 Å². The molecule has 5 heteroatoms. The van der Waals surface area contributed by atoms with Crippen LogP contribution in [0.1, 0.15) is 56.9 Å². The highest BCUT2D eigenvalue weighted by Crippen LogP contribution is 2.34. The van der Waals surface area contributed by atoms with E-state index in [0.29, 0.717) is 13.1 Å². The Hall–Kier alpha value is -1.88. The molecule has 1 aromatic rings. The summed E-state index contributed by atoms with van der Waals surface area (Å²) in [4.78, 5) is 31.8. The average Bonchev–Trinajstić information content (AvgIpc) is 3.50. The predicted octanol–water partition coefficient (Wildman–Crippen LogP) is 3.67. The number of amides is 2. The van der Waals surface area contributed by atoms with Crippen LogP contribution in [-0.4, -0.2) is 55.3 Å². The molecule has 1 aliphatic heterocycles. The Kier molecular flexibility index (Phi) is 7.49. The molecule has 0 bridgehead atoms. The smallest absolute Gasteiger partial charge is 0.237 e. The summed E-state index contributed by atoms with van der Waals surface area (Å²) in [5, 5.41) is 0. The van der Waals surface area contributed by atoms with Crippen molar-refractivity contribution >= 4 is 17.5 Å². The largest absolute Gasteiger partial charge is 0.337 e. The SMILES string of the molecule is CN(C)CC(=O)N1CCCCCCCCN(C(=O)C2CC2)c2ccccc2C1. The minimum absolute atomic E-state index is 0.162. The van der Waals surface area contributed by atoms with E-state index >= 15 is 0 Å². The number of likely N-dealkylation sites (N-methyl/N-ethyl adjacent to an activating group) is 1. The van der Waals surface area contributed by atoms with Gasteiger partial charge < -0.3 is 14.7 Å². The first-order valence-electron chi connectivity index (χ1n) is 10.9. The maximum atomic E-state index is 13.0. The van der Waals surface area contributed by atoms with Gasteiger partial charge in [-0.25, -0.2) is 0 Å². The van der Waals surface area contributed by atoms with E-state index in [0.717, 1.165) is 56.4 Å². The highest BCUT2D eigenvalue weighted by molar-refractivity contribution is 5.97. The van der Waals surface area contributed by atoms with E-state index in [2.05, 4.69) is 12.1 Å². The fourth-order valence-electron chi connectivity index (χ4n) is 3.96. The van der Waals surface area contributed by atoms with Crippen LogP contribution in [0.5, 0.6) is 0 Å². The number of fused-ring (bicyclic) bond motifs is 1. The van der Waals surface area contributed by atoms with Gasteiger partial charge in [0.2, 0.25) is 11.8 Å². The number of rotatable bonds is 3. The number of anilines is 1. The number of hydrogen-bond donors (Lipinski definition) is 0. The third-order valence-electron chi connectivity index (χ3n) is 5.70. The Balaban J connectivity index is 1.87. The minimum atomic E-state index is 0.162. The van der Waals surface area contributed by atoms with Crippen molar-refractivity contribution < 1.29 is 9.59 Å². The molecule has 1 aromatic carbocycles. The van der Waals surface area contributed by atoms with Gasteiger partial charge in [-0.15, -0.1) is 0 Å². The lowest BCUT2D eigenvalue weighted by atomic mass is 10.1. The van der Waals surface area contributed by atoms with E-state index in [9.17, 15) is 9.59 Å². The third-order valence-corrected chi connectivity index (χ3v) is 5.70. The van der Waals surface area contributed by atoms with Gasteiger partial charge in [0.1, 0.15) is 0 Å². The molecule has 0 aromatic heterocycles. The Bertz CT molecular complexity index is 670. The highest BCUT2D eigenvalue weighted by Gasteiger charge is 2.34. The Morgan fingerprint density at radius 3 is 2.29 bits per heavy atom. The van der Waals surface area contributed by atoms with Crippen LogP contribution in [0.25, 0.3) is 0 Å². The maximum Gasteiger partial charge on any atom is 0.237 e. The van der Waals surface area contributed by atoms with E-state index in [1.165, 1.54) is 19.3 Å². The van der Waals surface area contributed by atoms with Crippen molar-refractivity contribution in [3.63, 3.8) is 0 Å². The van der Waals surface area contributed by atoms with Crippen molar-refractivity contribution in [3.8, 4) is 0 Å². The molecule has 0 saturated heterocycles. The van der Waals surface area contributed by atoms with Crippen molar-refractivity contribution in [2.45, 2.75) is 57.9 Å². The first-order valence-corrected chi connectivity index (χ1v) is 10.9. The van der Waals surface area contributed by atoms with Gasteiger partial charge in [0.25, 0.3) is 0 Å². The van der Waals surface area contributed by atoms with Gasteiger partial charge in [-0.3, -0.25) is 9.59 Å². The number of benzene rings is 1. The zero-order chi connectivity index (χ0) is 19.9. The normalized spacial score (nSPS) is 19.4. The molecule has 1 saturated carbocycles. The van der Waals surface area contributed by atoms with Gasteiger partial charge in [0, 0.05) is 31.2 Å². The van der Waals surface area contributed by atoms with Crippen LogP contribution in [-0.2, 0) is 16.1 Å². The van der Waals surface area contributed by atoms with Crippen LogP contribution in [0.4, 0.5) is 5.69 Å². The standard InChI is InChI=1S/C23H35N3O2/c1-24(2)18-22(27)25-15-9-5-3-4-6-10-16-26(23(28)19-13-14-19)21-12-8-7-11-20(21)17-25/h7-8,11-12,19H,3-6,9-10,13-18H2,1-2H3. The molecule has 0 unspecified atom stereocenters. The summed E-state index contributed by atoms with van der Waals surface area (Å²) in [6.45, 7) is 2.58. The lowest BCUT2D eigenvalue weighted by Crippen LogP contribution is -2.39. The number of carbonyl (C=O) groups is 2. The van der Waals surface area contributed by atoms with Crippen molar-refractivity contribution in [3.05, 3.63) is 29.8 Å². The summed E-state index contributed by atoms with van der Waals surface area (Å²) >= 11 is 0. The van der Waals surface area contributed by atoms with Crippen molar-refractivity contribution in [2.24, 2.45) is 5.92 Å². The molecule has 154 valence electrons. The fraction of sp³-hybridized carbons (Fsp3) is 0.652. The predicted molar refractivity (Wildman–Crippen MR) is 113 cm³/mol. The van der Waals surface area contributed by atoms with E-state index in [-0.39, 0.29) is 17.7 Å². The quantitative estimate of drug-likeness (QED) is 0.797. The van der Waals surface area contributed by atoms with Gasteiger partial charge in [-0.2, -0.15) is 0 Å². The Morgan fingerprint density at radius 1 is 0.964 bits per heavy atom.